The lowest BCUT2D eigenvalue weighted by molar-refractivity contribution is 0.0784. The molecule has 130 valence electrons. The summed E-state index contributed by atoms with van der Waals surface area (Å²) in [5.74, 6) is 2.13. The van der Waals surface area contributed by atoms with E-state index in [0.717, 1.165) is 17.9 Å². The molecule has 0 saturated heterocycles. The number of nitrogens with one attached hydrogen (secondary N) is 1. The maximum absolute atomic E-state index is 6.21. The van der Waals surface area contributed by atoms with Crippen LogP contribution in [-0.4, -0.2) is 4.98 Å². The Kier molecular flexibility index (Phi) is 4.57. The van der Waals surface area contributed by atoms with Gasteiger partial charge in [-0.3, -0.25) is 0 Å². The van der Waals surface area contributed by atoms with Gasteiger partial charge >= 0.3 is 0 Å². The molecular formula is C20H23N3O2. The quantitative estimate of drug-likeness (QED) is 0.570. The van der Waals surface area contributed by atoms with Crippen molar-refractivity contribution in [1.82, 2.24) is 4.98 Å². The molecule has 1 atom stereocenters. The second-order valence-corrected chi connectivity index (χ2v) is 6.13. The number of hydrogen-bond donors (Lipinski definition) is 3. The molecule has 3 aromatic rings. The molecule has 0 spiro atoms. The third-order valence-corrected chi connectivity index (χ3v) is 4.30. The van der Waals surface area contributed by atoms with E-state index in [0.29, 0.717) is 22.9 Å². The van der Waals surface area contributed by atoms with Crippen LogP contribution in [0.3, 0.4) is 0 Å². The van der Waals surface area contributed by atoms with Gasteiger partial charge in [0.15, 0.2) is 0 Å². The van der Waals surface area contributed by atoms with Crippen LogP contribution in [0.1, 0.15) is 26.0 Å². The van der Waals surface area contributed by atoms with E-state index < -0.39 is 5.60 Å². The van der Waals surface area contributed by atoms with Crippen LogP contribution in [0.4, 0.5) is 11.4 Å². The summed E-state index contributed by atoms with van der Waals surface area (Å²) < 4.78 is 12.0. The molecule has 0 saturated carbocycles. The highest BCUT2D eigenvalue weighted by atomic mass is 16.5. The van der Waals surface area contributed by atoms with Crippen molar-refractivity contribution in [1.29, 1.82) is 0 Å². The highest BCUT2D eigenvalue weighted by Crippen LogP contribution is 2.32. The third kappa shape index (κ3) is 3.71. The number of nitrogens with two attached hydrogens (primary N) is 2. The zero-order valence-electron chi connectivity index (χ0n) is 14.5. The van der Waals surface area contributed by atoms with Crippen molar-refractivity contribution in [2.24, 2.45) is 0 Å². The molecule has 0 radical (unpaired) electrons. The van der Waals surface area contributed by atoms with Crippen LogP contribution in [0.15, 0.2) is 60.8 Å². The summed E-state index contributed by atoms with van der Waals surface area (Å²) in [6.07, 6.45) is 2.75. The summed E-state index contributed by atoms with van der Waals surface area (Å²) in [4.78, 5) is 3.23. The van der Waals surface area contributed by atoms with Crippen LogP contribution in [0, 0.1) is 0 Å². The van der Waals surface area contributed by atoms with Gasteiger partial charge in [0.2, 0.25) is 0 Å². The second kappa shape index (κ2) is 6.81. The Labute approximate surface area is 147 Å². The SMILES string of the molecule is CCC(C)(Oc1ccc(Oc2ccc(N)c(N)c2)cc1)c1ccc[nH]1. The molecule has 0 aliphatic rings. The topological polar surface area (TPSA) is 86.3 Å². The number of nitrogen functional groups attached to an aromatic ring is 2. The zero-order valence-corrected chi connectivity index (χ0v) is 14.5. The summed E-state index contributed by atoms with van der Waals surface area (Å²) in [5, 5.41) is 0. The van der Waals surface area contributed by atoms with Crippen molar-refractivity contribution in [3.05, 3.63) is 66.5 Å². The van der Waals surface area contributed by atoms with Crippen molar-refractivity contribution in [2.75, 3.05) is 11.5 Å². The van der Waals surface area contributed by atoms with Gasteiger partial charge in [0.25, 0.3) is 0 Å². The number of anilines is 2. The van der Waals surface area contributed by atoms with Gasteiger partial charge in [-0.25, -0.2) is 0 Å². The van der Waals surface area contributed by atoms with Crippen LogP contribution in [-0.2, 0) is 5.60 Å². The smallest absolute Gasteiger partial charge is 0.145 e. The fourth-order valence-corrected chi connectivity index (χ4v) is 2.57. The minimum absolute atomic E-state index is 0.405. The maximum Gasteiger partial charge on any atom is 0.145 e. The minimum atomic E-state index is -0.405. The molecule has 5 heteroatoms. The maximum atomic E-state index is 6.21. The van der Waals surface area contributed by atoms with Crippen molar-refractivity contribution < 1.29 is 9.47 Å². The molecular weight excluding hydrogens is 314 g/mol. The van der Waals surface area contributed by atoms with Crippen LogP contribution >= 0.6 is 0 Å². The van der Waals surface area contributed by atoms with E-state index in [1.165, 1.54) is 0 Å². The molecule has 0 amide bonds. The molecule has 5 nitrogen and oxygen atoms in total. The molecule has 0 aliphatic heterocycles. The van der Waals surface area contributed by atoms with Gasteiger partial charge in [-0.2, -0.15) is 0 Å². The number of ether oxygens (including phenoxy) is 2. The summed E-state index contributed by atoms with van der Waals surface area (Å²) in [5.41, 5.74) is 13.2. The van der Waals surface area contributed by atoms with E-state index in [4.69, 9.17) is 20.9 Å². The summed E-state index contributed by atoms with van der Waals surface area (Å²) >= 11 is 0. The number of aromatic amines is 1. The van der Waals surface area contributed by atoms with E-state index in [1.807, 2.05) is 42.6 Å². The average molecular weight is 337 g/mol. The molecule has 1 unspecified atom stereocenters. The summed E-state index contributed by atoms with van der Waals surface area (Å²) in [6, 6.07) is 16.8. The largest absolute Gasteiger partial charge is 0.481 e. The highest BCUT2D eigenvalue weighted by Gasteiger charge is 2.27. The first-order chi connectivity index (χ1) is 12.0. The number of rotatable bonds is 6. The van der Waals surface area contributed by atoms with Gasteiger partial charge in [0.05, 0.1) is 17.1 Å². The second-order valence-electron chi connectivity index (χ2n) is 6.13. The molecule has 2 aromatic carbocycles. The van der Waals surface area contributed by atoms with Crippen LogP contribution in [0.5, 0.6) is 17.2 Å². The predicted octanol–water partition coefficient (Wildman–Crippen LogP) is 4.68. The van der Waals surface area contributed by atoms with Crippen molar-refractivity contribution in [3.63, 3.8) is 0 Å². The van der Waals surface area contributed by atoms with E-state index in [1.54, 1.807) is 18.2 Å². The number of hydrogen-bond acceptors (Lipinski definition) is 4. The Hall–Kier alpha value is -3.08. The Balaban J connectivity index is 1.72. The molecule has 1 heterocycles. The van der Waals surface area contributed by atoms with Crippen LogP contribution in [0.25, 0.3) is 0 Å². The van der Waals surface area contributed by atoms with E-state index in [-0.39, 0.29) is 0 Å². The Morgan fingerprint density at radius 3 is 2.20 bits per heavy atom. The van der Waals surface area contributed by atoms with Gasteiger partial charge in [0, 0.05) is 12.3 Å². The Morgan fingerprint density at radius 2 is 1.60 bits per heavy atom. The van der Waals surface area contributed by atoms with E-state index in [9.17, 15) is 0 Å². The summed E-state index contributed by atoms with van der Waals surface area (Å²) in [7, 11) is 0. The molecule has 1 aromatic heterocycles. The third-order valence-electron chi connectivity index (χ3n) is 4.30. The van der Waals surface area contributed by atoms with Crippen LogP contribution < -0.4 is 20.9 Å². The highest BCUT2D eigenvalue weighted by molar-refractivity contribution is 5.65. The van der Waals surface area contributed by atoms with Gasteiger partial charge in [0.1, 0.15) is 22.8 Å². The molecule has 0 bridgehead atoms. The van der Waals surface area contributed by atoms with Gasteiger partial charge in [-0.15, -0.1) is 0 Å². The first kappa shape index (κ1) is 16.8. The fraction of sp³-hybridized carbons (Fsp3) is 0.200. The first-order valence-corrected chi connectivity index (χ1v) is 8.26. The van der Waals surface area contributed by atoms with Crippen molar-refractivity contribution in [2.45, 2.75) is 25.9 Å². The van der Waals surface area contributed by atoms with Gasteiger partial charge < -0.3 is 25.9 Å². The zero-order chi connectivity index (χ0) is 17.9. The molecule has 0 aliphatic carbocycles. The molecule has 0 fully saturated rings. The molecule has 3 rings (SSSR count). The average Bonchev–Trinajstić information content (AvgIpc) is 3.15. The predicted molar refractivity (Wildman–Crippen MR) is 101 cm³/mol. The lowest BCUT2D eigenvalue weighted by Crippen LogP contribution is -2.28. The van der Waals surface area contributed by atoms with Crippen LogP contribution in [0.2, 0.25) is 0 Å². The van der Waals surface area contributed by atoms with Gasteiger partial charge in [-0.05, 0) is 61.9 Å². The van der Waals surface area contributed by atoms with Crippen molar-refractivity contribution in [3.8, 4) is 17.2 Å². The fourth-order valence-electron chi connectivity index (χ4n) is 2.57. The molecule has 5 N–H and O–H groups in total. The van der Waals surface area contributed by atoms with E-state index >= 15 is 0 Å². The molecule has 25 heavy (non-hydrogen) atoms. The Morgan fingerprint density at radius 1 is 0.920 bits per heavy atom. The minimum Gasteiger partial charge on any atom is -0.481 e. The lowest BCUT2D eigenvalue weighted by Gasteiger charge is -2.29. The number of benzene rings is 2. The lowest BCUT2D eigenvalue weighted by atomic mass is 9.99. The van der Waals surface area contributed by atoms with E-state index in [2.05, 4.69) is 18.8 Å². The first-order valence-electron chi connectivity index (χ1n) is 8.26. The van der Waals surface area contributed by atoms with Gasteiger partial charge in [-0.1, -0.05) is 6.92 Å². The number of aromatic nitrogens is 1. The van der Waals surface area contributed by atoms with Crippen molar-refractivity contribution >= 4 is 11.4 Å². The standard InChI is InChI=1S/C20H23N3O2/c1-3-20(2,19-5-4-12-23-19)25-15-8-6-14(7-9-15)24-16-10-11-17(21)18(22)13-16/h4-13,23H,3,21-22H2,1-2H3. The normalized spacial score (nSPS) is 13.2. The monoisotopic (exact) mass is 337 g/mol. The summed E-state index contributed by atoms with van der Waals surface area (Å²) in [6.45, 7) is 4.17. The number of H-pyrrole nitrogens is 1. The Bertz CT molecular complexity index is 829.